The highest BCUT2D eigenvalue weighted by atomic mass is 16.5. The van der Waals surface area contributed by atoms with Crippen molar-refractivity contribution in [2.24, 2.45) is 0 Å². The van der Waals surface area contributed by atoms with Gasteiger partial charge in [0.2, 0.25) is 5.91 Å². The highest BCUT2D eigenvalue weighted by Gasteiger charge is 2.36. The molecule has 0 saturated heterocycles. The summed E-state index contributed by atoms with van der Waals surface area (Å²) in [5.41, 5.74) is 3.26. The zero-order chi connectivity index (χ0) is 22.7. The van der Waals surface area contributed by atoms with E-state index in [0.29, 0.717) is 24.5 Å². The van der Waals surface area contributed by atoms with Crippen LogP contribution >= 0.6 is 0 Å². The number of hydrogen-bond acceptors (Lipinski definition) is 5. The van der Waals surface area contributed by atoms with Gasteiger partial charge in [-0.3, -0.25) is 9.59 Å². The van der Waals surface area contributed by atoms with Gasteiger partial charge in [-0.2, -0.15) is 5.10 Å². The molecule has 32 heavy (non-hydrogen) atoms. The van der Waals surface area contributed by atoms with E-state index < -0.39 is 6.04 Å². The Bertz CT molecular complexity index is 1140. The lowest BCUT2D eigenvalue weighted by Gasteiger charge is -2.11. The van der Waals surface area contributed by atoms with E-state index in [1.807, 2.05) is 38.1 Å². The van der Waals surface area contributed by atoms with Gasteiger partial charge >= 0.3 is 0 Å². The summed E-state index contributed by atoms with van der Waals surface area (Å²) in [5, 5.41) is 10.4. The molecule has 0 radical (unpaired) electrons. The van der Waals surface area contributed by atoms with Crippen LogP contribution in [-0.2, 0) is 16.0 Å². The number of rotatable bonds is 8. The van der Waals surface area contributed by atoms with Gasteiger partial charge in [-0.05, 0) is 55.3 Å². The lowest BCUT2D eigenvalue weighted by molar-refractivity contribution is -0.123. The zero-order valence-electron chi connectivity index (χ0n) is 18.3. The first-order valence-electron chi connectivity index (χ1n) is 10.6. The minimum Gasteiger partial charge on any atom is -0.497 e. The van der Waals surface area contributed by atoms with Crippen molar-refractivity contribution in [2.45, 2.75) is 32.7 Å². The third-order valence-electron chi connectivity index (χ3n) is 5.34. The Balaban J connectivity index is 1.55. The maximum Gasteiger partial charge on any atom is 0.251 e. The predicted octanol–water partition coefficient (Wildman–Crippen LogP) is 4.04. The van der Waals surface area contributed by atoms with Crippen LogP contribution in [-0.4, -0.2) is 35.3 Å². The number of aryl methyl sites for hydroxylation is 1. The van der Waals surface area contributed by atoms with Gasteiger partial charge in [0, 0.05) is 11.3 Å². The van der Waals surface area contributed by atoms with Crippen molar-refractivity contribution in [2.75, 3.05) is 24.4 Å². The van der Waals surface area contributed by atoms with Gasteiger partial charge in [-0.25, -0.2) is 4.68 Å². The molecule has 1 atom stereocenters. The second-order valence-electron chi connectivity index (χ2n) is 7.42. The predicted molar refractivity (Wildman–Crippen MR) is 122 cm³/mol. The first-order chi connectivity index (χ1) is 15.5. The van der Waals surface area contributed by atoms with Crippen LogP contribution in [0.15, 0.2) is 48.5 Å². The fourth-order valence-corrected chi connectivity index (χ4v) is 3.83. The number of hydrogen-bond donors (Lipinski definition) is 2. The van der Waals surface area contributed by atoms with Crippen LogP contribution in [0.2, 0.25) is 0 Å². The van der Waals surface area contributed by atoms with Crippen molar-refractivity contribution in [3.8, 4) is 22.6 Å². The molecule has 3 aromatic rings. The highest BCUT2D eigenvalue weighted by Crippen LogP contribution is 2.39. The van der Waals surface area contributed by atoms with Crippen molar-refractivity contribution in [3.63, 3.8) is 0 Å². The molecule has 1 aliphatic heterocycles. The number of aromatic nitrogens is 2. The summed E-state index contributed by atoms with van der Waals surface area (Å²) in [7, 11) is 1.61. The number of methoxy groups -OCH3 is 1. The summed E-state index contributed by atoms with van der Waals surface area (Å²) < 4.78 is 12.4. The van der Waals surface area contributed by atoms with Gasteiger partial charge in [-0.15, -0.1) is 0 Å². The van der Waals surface area contributed by atoms with Gasteiger partial charge in [-0.1, -0.05) is 19.1 Å². The van der Waals surface area contributed by atoms with E-state index in [2.05, 4.69) is 15.7 Å². The van der Waals surface area contributed by atoms with Crippen molar-refractivity contribution in [3.05, 3.63) is 54.2 Å². The highest BCUT2D eigenvalue weighted by molar-refractivity contribution is 6.04. The van der Waals surface area contributed by atoms with E-state index in [1.54, 1.807) is 36.1 Å². The summed E-state index contributed by atoms with van der Waals surface area (Å²) in [5.74, 6) is 1.55. The van der Waals surface area contributed by atoms with Crippen molar-refractivity contribution < 1.29 is 19.1 Å². The molecule has 4 rings (SSSR count). The lowest BCUT2D eigenvalue weighted by Crippen LogP contribution is -2.23. The number of benzene rings is 2. The summed E-state index contributed by atoms with van der Waals surface area (Å²) >= 11 is 0. The van der Waals surface area contributed by atoms with Crippen LogP contribution < -0.4 is 20.1 Å². The molecule has 1 aromatic heterocycles. The van der Waals surface area contributed by atoms with Crippen LogP contribution in [0.1, 0.15) is 32.0 Å². The van der Waals surface area contributed by atoms with Gasteiger partial charge in [0.25, 0.3) is 5.91 Å². The van der Waals surface area contributed by atoms with Gasteiger partial charge in [0.15, 0.2) is 0 Å². The fraction of sp³-hybridized carbons (Fsp3) is 0.292. The van der Waals surface area contributed by atoms with E-state index in [4.69, 9.17) is 9.47 Å². The second kappa shape index (κ2) is 9.13. The van der Waals surface area contributed by atoms with E-state index in [9.17, 15) is 9.59 Å². The molecule has 8 nitrogen and oxygen atoms in total. The van der Waals surface area contributed by atoms with Gasteiger partial charge in [0.1, 0.15) is 23.4 Å². The number of nitrogens with zero attached hydrogens (tertiary/aromatic N) is 2. The number of fused-ring (bicyclic) bond motifs is 1. The monoisotopic (exact) mass is 434 g/mol. The average molecular weight is 434 g/mol. The number of amides is 2. The summed E-state index contributed by atoms with van der Waals surface area (Å²) in [6, 6.07) is 14.0. The number of ether oxygens (including phenoxy) is 2. The SMILES string of the molecule is CCOc1ccc(NC(=O)CC2C(=O)Nc3c(-c4cccc(OC)c4)c(CC)nn32)cc1. The van der Waals surface area contributed by atoms with Crippen LogP contribution in [0.25, 0.3) is 11.1 Å². The minimum absolute atomic E-state index is 0.0194. The molecular formula is C24H26N4O4. The van der Waals surface area contributed by atoms with Crippen LogP contribution in [0.4, 0.5) is 11.5 Å². The molecule has 0 spiro atoms. The molecule has 2 amide bonds. The quantitative estimate of drug-likeness (QED) is 0.558. The molecule has 8 heteroatoms. The number of anilines is 2. The van der Waals surface area contributed by atoms with Crippen molar-refractivity contribution in [1.82, 2.24) is 9.78 Å². The third kappa shape index (κ3) is 4.16. The number of carbonyl (C=O) groups is 2. The summed E-state index contributed by atoms with van der Waals surface area (Å²) in [4.78, 5) is 25.4. The minimum atomic E-state index is -0.711. The molecule has 0 saturated carbocycles. The molecule has 0 bridgehead atoms. The molecule has 1 unspecified atom stereocenters. The zero-order valence-corrected chi connectivity index (χ0v) is 18.3. The third-order valence-corrected chi connectivity index (χ3v) is 5.34. The topological polar surface area (TPSA) is 94.5 Å². The normalized spacial score (nSPS) is 14.6. The van der Waals surface area contributed by atoms with E-state index >= 15 is 0 Å². The van der Waals surface area contributed by atoms with E-state index in [0.717, 1.165) is 28.3 Å². The molecule has 166 valence electrons. The molecule has 0 aliphatic carbocycles. The number of carbonyl (C=O) groups excluding carboxylic acids is 2. The van der Waals surface area contributed by atoms with Crippen molar-refractivity contribution in [1.29, 1.82) is 0 Å². The molecule has 2 N–H and O–H groups in total. The molecule has 1 aliphatic rings. The fourth-order valence-electron chi connectivity index (χ4n) is 3.83. The Morgan fingerprint density at radius 1 is 1.16 bits per heavy atom. The maximum absolute atomic E-state index is 12.7. The Morgan fingerprint density at radius 3 is 2.62 bits per heavy atom. The molecule has 2 heterocycles. The van der Waals surface area contributed by atoms with E-state index in [-0.39, 0.29) is 18.2 Å². The molecule has 0 fully saturated rings. The number of nitrogens with one attached hydrogen (secondary N) is 2. The summed E-state index contributed by atoms with van der Waals surface area (Å²) in [6.07, 6.45) is 0.669. The first-order valence-corrected chi connectivity index (χ1v) is 10.6. The first kappa shape index (κ1) is 21.4. The van der Waals surface area contributed by atoms with Gasteiger partial charge < -0.3 is 20.1 Å². The maximum atomic E-state index is 12.7. The van der Waals surface area contributed by atoms with Crippen LogP contribution in [0, 0.1) is 0 Å². The smallest absolute Gasteiger partial charge is 0.251 e. The Morgan fingerprint density at radius 2 is 1.94 bits per heavy atom. The Labute approximate surface area is 186 Å². The molecule has 2 aromatic carbocycles. The van der Waals surface area contributed by atoms with Crippen LogP contribution in [0.5, 0.6) is 11.5 Å². The van der Waals surface area contributed by atoms with Crippen molar-refractivity contribution >= 4 is 23.3 Å². The largest absolute Gasteiger partial charge is 0.497 e. The van der Waals surface area contributed by atoms with Crippen LogP contribution in [0.3, 0.4) is 0 Å². The standard InChI is InChI=1S/C24H26N4O4/c1-4-19-22(15-7-6-8-18(13-15)31-3)23-26-24(30)20(28(23)27-19)14-21(29)25-16-9-11-17(12-10-16)32-5-2/h6-13,20H,4-5,14H2,1-3H3,(H,25,29)(H,26,30). The Hall–Kier alpha value is -3.81. The lowest BCUT2D eigenvalue weighted by atomic mass is 10.0. The second-order valence-corrected chi connectivity index (χ2v) is 7.42. The summed E-state index contributed by atoms with van der Waals surface area (Å²) in [6.45, 7) is 4.50. The Kier molecular flexibility index (Phi) is 6.11. The van der Waals surface area contributed by atoms with Gasteiger partial charge in [0.05, 0.1) is 25.8 Å². The van der Waals surface area contributed by atoms with E-state index in [1.165, 1.54) is 0 Å². The molecular weight excluding hydrogens is 408 g/mol. The average Bonchev–Trinajstić information content (AvgIpc) is 3.30.